The summed E-state index contributed by atoms with van der Waals surface area (Å²) < 4.78 is 51.4. The second-order valence-electron chi connectivity index (χ2n) is 8.74. The molecule has 4 rings (SSSR count). The summed E-state index contributed by atoms with van der Waals surface area (Å²) >= 11 is 2.19. The third-order valence-electron chi connectivity index (χ3n) is 6.10. The van der Waals surface area contributed by atoms with Crippen molar-refractivity contribution >= 4 is 34.4 Å². The molecule has 2 aliphatic rings. The van der Waals surface area contributed by atoms with Crippen LogP contribution in [0.15, 0.2) is 48.5 Å². The lowest BCUT2D eigenvalue weighted by atomic mass is 9.91. The second-order valence-corrected chi connectivity index (χ2v) is 9.98. The minimum Gasteiger partial charge on any atom is -0.484 e. The molecule has 1 aliphatic carbocycles. The summed E-state index contributed by atoms with van der Waals surface area (Å²) in [5.41, 5.74) is 2.06. The monoisotopic (exact) mass is 618 g/mol. The smallest absolute Gasteiger partial charge is 0.426 e. The maximum atomic E-state index is 13.1. The predicted octanol–water partition coefficient (Wildman–Crippen LogP) is 3.12. The van der Waals surface area contributed by atoms with Crippen LogP contribution in [0.3, 0.4) is 0 Å². The Hall–Kier alpha value is -2.58. The topological polar surface area (TPSA) is 121 Å². The molecule has 8 nitrogen and oxygen atoms in total. The highest BCUT2D eigenvalue weighted by molar-refractivity contribution is 14.1. The van der Waals surface area contributed by atoms with Gasteiger partial charge < -0.3 is 20.1 Å². The molecule has 0 radical (unpaired) electrons. The van der Waals surface area contributed by atoms with Crippen molar-refractivity contribution in [2.75, 3.05) is 13.2 Å². The van der Waals surface area contributed by atoms with Crippen molar-refractivity contribution in [1.29, 1.82) is 0 Å². The van der Waals surface area contributed by atoms with Gasteiger partial charge in [-0.3, -0.25) is 9.59 Å². The van der Waals surface area contributed by atoms with E-state index in [4.69, 9.17) is 9.47 Å². The van der Waals surface area contributed by atoms with Crippen molar-refractivity contribution in [3.05, 3.63) is 57.7 Å². The molecule has 36 heavy (non-hydrogen) atoms. The van der Waals surface area contributed by atoms with Crippen LogP contribution in [-0.4, -0.2) is 43.3 Å². The molecule has 2 aromatic rings. The zero-order valence-corrected chi connectivity index (χ0v) is 21.3. The van der Waals surface area contributed by atoms with Gasteiger partial charge in [0.1, 0.15) is 11.5 Å². The molecule has 1 heterocycles. The largest absolute Gasteiger partial charge is 0.484 e. The van der Waals surface area contributed by atoms with E-state index in [0.29, 0.717) is 24.3 Å². The summed E-state index contributed by atoms with van der Waals surface area (Å²) in [6.07, 6.45) is -1.60. The lowest BCUT2D eigenvalue weighted by Crippen LogP contribution is -2.45. The molecule has 194 valence electrons. The number of ether oxygens (including phenoxy) is 2. The average Bonchev–Trinajstić information content (AvgIpc) is 3.67. The maximum Gasteiger partial charge on any atom is 0.426 e. The molecule has 1 saturated heterocycles. The third kappa shape index (κ3) is 6.79. The molecule has 2 amide bonds. The molecular formula is C24H26F3IN4O4. The molecule has 2 aromatic carbocycles. The number of nitrogens with one attached hydrogen (secondary N) is 4. The molecule has 12 heteroatoms. The maximum absolute atomic E-state index is 13.1. The summed E-state index contributed by atoms with van der Waals surface area (Å²) in [7, 11) is 0. The number of halogens is 4. The fourth-order valence-corrected chi connectivity index (χ4v) is 4.42. The van der Waals surface area contributed by atoms with Gasteiger partial charge in [-0.15, -0.1) is 0 Å². The first-order valence-electron chi connectivity index (χ1n) is 11.5. The quantitative estimate of drug-likeness (QED) is 0.254. The summed E-state index contributed by atoms with van der Waals surface area (Å²) in [6, 6.07) is 12.8. The molecule has 0 bridgehead atoms. The number of carbonyl (C=O) groups excluding carboxylic acids is 2. The summed E-state index contributed by atoms with van der Waals surface area (Å²) in [4.78, 5) is 24.4. The van der Waals surface area contributed by atoms with Crippen LogP contribution < -0.4 is 31.0 Å². The van der Waals surface area contributed by atoms with Crippen molar-refractivity contribution in [2.45, 2.75) is 49.6 Å². The minimum absolute atomic E-state index is 0.0112. The van der Waals surface area contributed by atoms with Crippen molar-refractivity contribution in [1.82, 2.24) is 21.5 Å². The number of hydrogen-bond acceptors (Lipinski definition) is 6. The van der Waals surface area contributed by atoms with Gasteiger partial charge in [-0.1, -0.05) is 12.1 Å². The lowest BCUT2D eigenvalue weighted by molar-refractivity contribution is -0.165. The minimum atomic E-state index is -4.48. The number of benzene rings is 2. The van der Waals surface area contributed by atoms with Crippen molar-refractivity contribution in [3.63, 3.8) is 0 Å². The molecule has 0 spiro atoms. The first-order chi connectivity index (χ1) is 17.1. The van der Waals surface area contributed by atoms with Gasteiger partial charge in [0.25, 0.3) is 11.8 Å². The molecule has 1 aliphatic heterocycles. The van der Waals surface area contributed by atoms with E-state index in [1.165, 1.54) is 24.3 Å². The van der Waals surface area contributed by atoms with Crippen molar-refractivity contribution in [3.8, 4) is 11.5 Å². The average molecular weight is 618 g/mol. The van der Waals surface area contributed by atoms with E-state index in [9.17, 15) is 22.8 Å². The first-order valence-corrected chi connectivity index (χ1v) is 12.5. The van der Waals surface area contributed by atoms with Gasteiger partial charge in [0, 0.05) is 15.7 Å². The fourth-order valence-electron chi connectivity index (χ4n) is 4.06. The number of amides is 2. The Kier molecular flexibility index (Phi) is 8.25. The van der Waals surface area contributed by atoms with Gasteiger partial charge >= 0.3 is 6.18 Å². The van der Waals surface area contributed by atoms with Crippen LogP contribution in [0.2, 0.25) is 0 Å². The first kappa shape index (κ1) is 26.5. The Labute approximate surface area is 219 Å². The zero-order valence-electron chi connectivity index (χ0n) is 19.2. The molecule has 1 saturated carbocycles. The number of carbonyl (C=O) groups is 2. The number of alkyl halides is 3. The molecule has 4 N–H and O–H groups in total. The Morgan fingerprint density at radius 1 is 0.833 bits per heavy atom. The normalized spacial score (nSPS) is 20.8. The van der Waals surface area contributed by atoms with E-state index >= 15 is 0 Å². The van der Waals surface area contributed by atoms with Crippen molar-refractivity contribution in [2.24, 2.45) is 0 Å². The summed E-state index contributed by atoms with van der Waals surface area (Å²) in [5.74, 6) is 0.438. The van der Waals surface area contributed by atoms with Crippen molar-refractivity contribution < 1.29 is 32.2 Å². The van der Waals surface area contributed by atoms with Gasteiger partial charge in [-0.05, 0) is 90.2 Å². The molecule has 2 fully saturated rings. The Morgan fingerprint density at radius 3 is 1.64 bits per heavy atom. The highest BCUT2D eigenvalue weighted by atomic mass is 127. The van der Waals surface area contributed by atoms with Crippen LogP contribution in [-0.2, 0) is 15.3 Å². The number of hydrogen-bond donors (Lipinski definition) is 4. The van der Waals surface area contributed by atoms with E-state index in [1.54, 1.807) is 0 Å². The molecule has 0 aromatic heterocycles. The van der Waals surface area contributed by atoms with Crippen LogP contribution >= 0.6 is 22.6 Å². The van der Waals surface area contributed by atoms with Gasteiger partial charge in [-0.2, -0.15) is 13.2 Å². The van der Waals surface area contributed by atoms with E-state index in [1.807, 2.05) is 24.3 Å². The van der Waals surface area contributed by atoms with Gasteiger partial charge in [-0.25, -0.2) is 10.9 Å². The van der Waals surface area contributed by atoms with Gasteiger partial charge in [0.15, 0.2) is 13.2 Å². The summed E-state index contributed by atoms with van der Waals surface area (Å²) in [6.45, 7) is -0.299. The SMILES string of the molecule is O=C(COc1ccc(I)cc1)N[C@H]1CC[C@H](NC(=O)COc2ccc(C3(C(F)(F)F)NN3)cc2)CC1. The van der Waals surface area contributed by atoms with E-state index in [2.05, 4.69) is 44.1 Å². The Balaban J connectivity index is 1.13. The Morgan fingerprint density at radius 2 is 1.25 bits per heavy atom. The lowest BCUT2D eigenvalue weighted by Gasteiger charge is -2.29. The van der Waals surface area contributed by atoms with Gasteiger partial charge in [0.05, 0.1) is 0 Å². The Bertz CT molecular complexity index is 1050. The van der Waals surface area contributed by atoms with Crippen LogP contribution in [0.1, 0.15) is 31.2 Å². The van der Waals surface area contributed by atoms with Crippen LogP contribution in [0.25, 0.3) is 0 Å². The van der Waals surface area contributed by atoms with E-state index < -0.39 is 11.8 Å². The number of rotatable bonds is 9. The second kappa shape index (κ2) is 11.2. The molecule has 0 atom stereocenters. The van der Waals surface area contributed by atoms with Gasteiger partial charge in [0.2, 0.25) is 5.66 Å². The van der Waals surface area contributed by atoms with Crippen LogP contribution in [0.5, 0.6) is 11.5 Å². The third-order valence-corrected chi connectivity index (χ3v) is 6.82. The van der Waals surface area contributed by atoms with Crippen LogP contribution in [0.4, 0.5) is 13.2 Å². The standard InChI is InChI=1S/C24H26F3IN4O4/c25-24(26,27)23(31-32-23)15-1-9-19(10-2-15)35-13-21(33)29-17-5-7-18(8-6-17)30-22(34)14-36-20-11-3-16(28)4-12-20/h1-4,9-12,17-18,31-32H,5-8,13-14H2,(H,29,33)(H,30,34)/t17-,18-. The summed E-state index contributed by atoms with van der Waals surface area (Å²) in [5, 5.41) is 5.88. The van der Waals surface area contributed by atoms with E-state index in [0.717, 1.165) is 16.4 Å². The fraction of sp³-hybridized carbons (Fsp3) is 0.417. The number of hydrazine groups is 1. The highest BCUT2D eigenvalue weighted by Crippen LogP contribution is 2.42. The molecule has 0 unspecified atom stereocenters. The zero-order chi connectivity index (χ0) is 25.8. The van der Waals surface area contributed by atoms with Crippen LogP contribution in [0, 0.1) is 3.57 Å². The molecular weight excluding hydrogens is 592 g/mol. The van der Waals surface area contributed by atoms with E-state index in [-0.39, 0.29) is 42.7 Å². The highest BCUT2D eigenvalue weighted by Gasteiger charge is 2.65. The predicted molar refractivity (Wildman–Crippen MR) is 133 cm³/mol.